The van der Waals surface area contributed by atoms with Crippen LogP contribution in [0.3, 0.4) is 0 Å². The molecule has 90 valence electrons. The average molecular weight is 227 g/mol. The quantitative estimate of drug-likeness (QED) is 0.723. The molecular weight excluding hydrogens is 209 g/mol. The summed E-state index contributed by atoms with van der Waals surface area (Å²) in [5.41, 5.74) is 6.93. The zero-order valence-corrected chi connectivity index (χ0v) is 9.54. The second kappa shape index (κ2) is 7.33. The molecule has 0 unspecified atom stereocenters. The number of halogens is 1. The van der Waals surface area contributed by atoms with Crippen molar-refractivity contribution in [3.63, 3.8) is 0 Å². The van der Waals surface area contributed by atoms with Gasteiger partial charge in [-0.05, 0) is 24.6 Å². The minimum Gasteiger partial charge on any atom is -0.379 e. The van der Waals surface area contributed by atoms with Crippen molar-refractivity contribution in [2.75, 3.05) is 19.8 Å². The highest BCUT2D eigenvalue weighted by molar-refractivity contribution is 5.24. The molecule has 0 aromatic heterocycles. The van der Waals surface area contributed by atoms with Crippen molar-refractivity contribution in [3.05, 3.63) is 35.1 Å². The Kier molecular flexibility index (Phi) is 6.00. The monoisotopic (exact) mass is 227 g/mol. The van der Waals surface area contributed by atoms with Crippen molar-refractivity contribution < 1.29 is 13.9 Å². The maximum atomic E-state index is 13.3. The van der Waals surface area contributed by atoms with E-state index in [0.29, 0.717) is 31.9 Å². The summed E-state index contributed by atoms with van der Waals surface area (Å²) >= 11 is 0. The molecular formula is C12H18FNO2. The van der Waals surface area contributed by atoms with Crippen molar-refractivity contribution >= 4 is 0 Å². The Labute approximate surface area is 95.4 Å². The molecule has 0 saturated heterocycles. The van der Waals surface area contributed by atoms with Gasteiger partial charge in [0.15, 0.2) is 0 Å². The molecule has 0 spiro atoms. The van der Waals surface area contributed by atoms with Crippen LogP contribution in [-0.2, 0) is 22.6 Å². The Morgan fingerprint density at radius 1 is 1.25 bits per heavy atom. The molecule has 4 heteroatoms. The fraction of sp³-hybridized carbons (Fsp3) is 0.500. The van der Waals surface area contributed by atoms with E-state index < -0.39 is 0 Å². The van der Waals surface area contributed by atoms with E-state index >= 15 is 0 Å². The SMILES string of the molecule is CCOCCOCc1cc(CN)ccc1F. The first-order chi connectivity index (χ1) is 7.77. The third-order valence-corrected chi connectivity index (χ3v) is 2.18. The van der Waals surface area contributed by atoms with Crippen molar-refractivity contribution in [3.8, 4) is 0 Å². The fourth-order valence-electron chi connectivity index (χ4n) is 1.31. The number of rotatable bonds is 7. The average Bonchev–Trinajstić information content (AvgIpc) is 2.31. The van der Waals surface area contributed by atoms with Gasteiger partial charge in [-0.25, -0.2) is 4.39 Å². The Bertz CT molecular complexity index is 318. The summed E-state index contributed by atoms with van der Waals surface area (Å²) in [5, 5.41) is 0. The van der Waals surface area contributed by atoms with Crippen LogP contribution in [0.15, 0.2) is 18.2 Å². The molecule has 0 radical (unpaired) electrons. The van der Waals surface area contributed by atoms with Gasteiger partial charge in [0.25, 0.3) is 0 Å². The molecule has 1 rings (SSSR count). The van der Waals surface area contributed by atoms with Crippen LogP contribution in [0.25, 0.3) is 0 Å². The summed E-state index contributed by atoms with van der Waals surface area (Å²) in [4.78, 5) is 0. The van der Waals surface area contributed by atoms with Crippen LogP contribution >= 0.6 is 0 Å². The lowest BCUT2D eigenvalue weighted by Crippen LogP contribution is -2.06. The largest absolute Gasteiger partial charge is 0.379 e. The minimum atomic E-state index is -0.256. The Morgan fingerprint density at radius 2 is 2.00 bits per heavy atom. The highest BCUT2D eigenvalue weighted by Gasteiger charge is 2.03. The number of ether oxygens (including phenoxy) is 2. The molecule has 0 atom stereocenters. The molecule has 0 aliphatic carbocycles. The molecule has 2 N–H and O–H groups in total. The van der Waals surface area contributed by atoms with E-state index in [-0.39, 0.29) is 12.4 Å². The standard InChI is InChI=1S/C12H18FNO2/c1-2-15-5-6-16-9-11-7-10(8-14)3-4-12(11)13/h3-4,7H,2,5-6,8-9,14H2,1H3. The van der Waals surface area contributed by atoms with Gasteiger partial charge in [-0.3, -0.25) is 0 Å². The number of hydrogen-bond acceptors (Lipinski definition) is 3. The van der Waals surface area contributed by atoms with Crippen LogP contribution in [-0.4, -0.2) is 19.8 Å². The number of nitrogens with two attached hydrogens (primary N) is 1. The van der Waals surface area contributed by atoms with Crippen LogP contribution in [0.4, 0.5) is 4.39 Å². The van der Waals surface area contributed by atoms with Gasteiger partial charge in [-0.2, -0.15) is 0 Å². The molecule has 1 aromatic rings. The zero-order chi connectivity index (χ0) is 11.8. The van der Waals surface area contributed by atoms with E-state index in [1.807, 2.05) is 6.92 Å². The first kappa shape index (κ1) is 13.1. The van der Waals surface area contributed by atoms with Crippen LogP contribution in [0.5, 0.6) is 0 Å². The highest BCUT2D eigenvalue weighted by atomic mass is 19.1. The predicted octanol–water partition coefficient (Wildman–Crippen LogP) is 1.84. The van der Waals surface area contributed by atoms with E-state index in [0.717, 1.165) is 5.56 Å². The predicted molar refractivity (Wildman–Crippen MR) is 60.4 cm³/mol. The van der Waals surface area contributed by atoms with E-state index in [1.165, 1.54) is 6.07 Å². The third-order valence-electron chi connectivity index (χ3n) is 2.18. The Balaban J connectivity index is 2.40. The van der Waals surface area contributed by atoms with Gasteiger partial charge >= 0.3 is 0 Å². The lowest BCUT2D eigenvalue weighted by Gasteiger charge is -2.07. The van der Waals surface area contributed by atoms with E-state index in [9.17, 15) is 4.39 Å². The van der Waals surface area contributed by atoms with E-state index in [2.05, 4.69) is 0 Å². The lowest BCUT2D eigenvalue weighted by molar-refractivity contribution is 0.0443. The van der Waals surface area contributed by atoms with Crippen molar-refractivity contribution in [1.82, 2.24) is 0 Å². The van der Waals surface area contributed by atoms with Crippen LogP contribution < -0.4 is 5.73 Å². The summed E-state index contributed by atoms with van der Waals surface area (Å²) in [7, 11) is 0. The van der Waals surface area contributed by atoms with Gasteiger partial charge < -0.3 is 15.2 Å². The third kappa shape index (κ3) is 4.26. The molecule has 0 amide bonds. The van der Waals surface area contributed by atoms with E-state index in [4.69, 9.17) is 15.2 Å². The summed E-state index contributed by atoms with van der Waals surface area (Å²) in [5.74, 6) is -0.256. The van der Waals surface area contributed by atoms with Gasteiger partial charge in [0.1, 0.15) is 5.82 Å². The molecule has 0 fully saturated rings. The molecule has 0 aliphatic heterocycles. The van der Waals surface area contributed by atoms with Crippen LogP contribution in [0.1, 0.15) is 18.1 Å². The molecule has 0 bridgehead atoms. The summed E-state index contributed by atoms with van der Waals surface area (Å²) in [6, 6.07) is 4.83. The molecule has 0 heterocycles. The van der Waals surface area contributed by atoms with Crippen molar-refractivity contribution in [2.24, 2.45) is 5.73 Å². The van der Waals surface area contributed by atoms with Gasteiger partial charge in [0, 0.05) is 18.7 Å². The van der Waals surface area contributed by atoms with Gasteiger partial charge in [0.2, 0.25) is 0 Å². The van der Waals surface area contributed by atoms with E-state index in [1.54, 1.807) is 12.1 Å². The Morgan fingerprint density at radius 3 is 2.69 bits per heavy atom. The zero-order valence-electron chi connectivity index (χ0n) is 9.54. The molecule has 16 heavy (non-hydrogen) atoms. The summed E-state index contributed by atoms with van der Waals surface area (Å²) in [6.45, 7) is 4.26. The van der Waals surface area contributed by atoms with Crippen molar-refractivity contribution in [2.45, 2.75) is 20.1 Å². The topological polar surface area (TPSA) is 44.5 Å². The van der Waals surface area contributed by atoms with Crippen LogP contribution in [0.2, 0.25) is 0 Å². The molecule has 1 aromatic carbocycles. The highest BCUT2D eigenvalue weighted by Crippen LogP contribution is 2.11. The number of hydrogen-bond donors (Lipinski definition) is 1. The lowest BCUT2D eigenvalue weighted by atomic mass is 10.1. The van der Waals surface area contributed by atoms with Gasteiger partial charge in [-0.1, -0.05) is 6.07 Å². The maximum absolute atomic E-state index is 13.3. The smallest absolute Gasteiger partial charge is 0.128 e. The van der Waals surface area contributed by atoms with Gasteiger partial charge in [0.05, 0.1) is 19.8 Å². The van der Waals surface area contributed by atoms with Crippen LogP contribution in [0, 0.1) is 5.82 Å². The maximum Gasteiger partial charge on any atom is 0.128 e. The summed E-state index contributed by atoms with van der Waals surface area (Å²) < 4.78 is 23.7. The van der Waals surface area contributed by atoms with Gasteiger partial charge in [-0.15, -0.1) is 0 Å². The van der Waals surface area contributed by atoms with Crippen molar-refractivity contribution in [1.29, 1.82) is 0 Å². The first-order valence-corrected chi connectivity index (χ1v) is 5.40. The molecule has 3 nitrogen and oxygen atoms in total. The second-order valence-corrected chi connectivity index (χ2v) is 3.38. The second-order valence-electron chi connectivity index (χ2n) is 3.38. The summed E-state index contributed by atoms with van der Waals surface area (Å²) in [6.07, 6.45) is 0. The minimum absolute atomic E-state index is 0.256. The fourth-order valence-corrected chi connectivity index (χ4v) is 1.31. The molecule has 0 saturated carbocycles. The molecule has 0 aliphatic rings. The normalized spacial score (nSPS) is 10.7. The first-order valence-electron chi connectivity index (χ1n) is 5.40. The number of benzene rings is 1. The Hall–Kier alpha value is -0.970.